The fourth-order valence-corrected chi connectivity index (χ4v) is 1.71. The van der Waals surface area contributed by atoms with E-state index in [0.717, 1.165) is 32.4 Å². The number of piperidine rings is 1. The lowest BCUT2D eigenvalue weighted by Crippen LogP contribution is -2.44. The van der Waals surface area contributed by atoms with Gasteiger partial charge in [-0.1, -0.05) is 6.92 Å². The van der Waals surface area contributed by atoms with Crippen molar-refractivity contribution in [2.24, 2.45) is 5.73 Å². The van der Waals surface area contributed by atoms with Crippen LogP contribution in [0.1, 0.15) is 26.2 Å². The van der Waals surface area contributed by atoms with Crippen LogP contribution in [0.5, 0.6) is 0 Å². The summed E-state index contributed by atoms with van der Waals surface area (Å²) in [4.78, 5) is 13.3. The first-order valence-corrected chi connectivity index (χ1v) is 4.73. The molecule has 12 heavy (non-hydrogen) atoms. The number of nitrogens with zero attached hydrogens (tertiary/aromatic N) is 1. The molecular formula is C9H18N2O. The number of nitrogens with two attached hydrogens (primary N) is 1. The fourth-order valence-electron chi connectivity index (χ4n) is 1.71. The second kappa shape index (κ2) is 4.58. The highest BCUT2D eigenvalue weighted by molar-refractivity contribution is 5.79. The lowest BCUT2D eigenvalue weighted by atomic mass is 10.1. The molecule has 1 atom stereocenters. The highest BCUT2D eigenvalue weighted by atomic mass is 16.1. The molecule has 1 aliphatic rings. The molecule has 0 aromatic carbocycles. The van der Waals surface area contributed by atoms with Gasteiger partial charge in [0.25, 0.3) is 0 Å². The van der Waals surface area contributed by atoms with Gasteiger partial charge in [-0.15, -0.1) is 0 Å². The smallest absolute Gasteiger partial charge is 0.135 e. The summed E-state index contributed by atoms with van der Waals surface area (Å²) in [6.45, 7) is 4.68. The summed E-state index contributed by atoms with van der Waals surface area (Å²) in [7, 11) is 0. The van der Waals surface area contributed by atoms with Gasteiger partial charge in [0, 0.05) is 38.5 Å². The quantitative estimate of drug-likeness (QED) is 0.666. The van der Waals surface area contributed by atoms with Crippen molar-refractivity contribution in [3.8, 4) is 0 Å². The molecule has 1 unspecified atom stereocenters. The second-order valence-corrected chi connectivity index (χ2v) is 3.37. The van der Waals surface area contributed by atoms with Gasteiger partial charge in [-0.25, -0.2) is 0 Å². The Kier molecular flexibility index (Phi) is 3.69. The summed E-state index contributed by atoms with van der Waals surface area (Å²) in [6.07, 6.45) is 2.53. The highest BCUT2D eigenvalue weighted by Gasteiger charge is 2.20. The van der Waals surface area contributed by atoms with Crippen LogP contribution < -0.4 is 5.73 Å². The van der Waals surface area contributed by atoms with Crippen LogP contribution >= 0.6 is 0 Å². The molecule has 1 heterocycles. The van der Waals surface area contributed by atoms with Crippen molar-refractivity contribution >= 4 is 5.78 Å². The molecule has 1 rings (SSSR count). The van der Waals surface area contributed by atoms with Gasteiger partial charge in [0.15, 0.2) is 0 Å². The van der Waals surface area contributed by atoms with E-state index >= 15 is 0 Å². The van der Waals surface area contributed by atoms with E-state index in [4.69, 9.17) is 5.73 Å². The standard InChI is InChI=1S/C9H18N2O/c1-2-8(7-10)11-5-3-9(12)4-6-11/h8H,2-7,10H2,1H3. The van der Waals surface area contributed by atoms with E-state index in [1.165, 1.54) is 0 Å². The van der Waals surface area contributed by atoms with Gasteiger partial charge in [0.05, 0.1) is 0 Å². The maximum absolute atomic E-state index is 10.9. The average Bonchev–Trinajstić information content (AvgIpc) is 2.10. The molecule has 0 spiro atoms. The topological polar surface area (TPSA) is 46.3 Å². The predicted octanol–water partition coefficient (Wildman–Crippen LogP) is 0.389. The summed E-state index contributed by atoms with van der Waals surface area (Å²) in [5.41, 5.74) is 5.62. The van der Waals surface area contributed by atoms with Crippen molar-refractivity contribution < 1.29 is 4.79 Å². The zero-order valence-corrected chi connectivity index (χ0v) is 7.75. The van der Waals surface area contributed by atoms with E-state index in [1.54, 1.807) is 0 Å². The minimum absolute atomic E-state index is 0.401. The molecule has 2 N–H and O–H groups in total. The first-order chi connectivity index (χ1) is 5.77. The lowest BCUT2D eigenvalue weighted by molar-refractivity contribution is -0.121. The Morgan fingerprint density at radius 1 is 1.50 bits per heavy atom. The Bertz CT molecular complexity index is 145. The Balaban J connectivity index is 2.37. The number of hydrogen-bond acceptors (Lipinski definition) is 3. The number of likely N-dealkylation sites (tertiary alicyclic amines) is 1. The first-order valence-electron chi connectivity index (χ1n) is 4.73. The lowest BCUT2D eigenvalue weighted by Gasteiger charge is -2.32. The summed E-state index contributed by atoms with van der Waals surface area (Å²) < 4.78 is 0. The van der Waals surface area contributed by atoms with Crippen molar-refractivity contribution in [1.82, 2.24) is 4.90 Å². The van der Waals surface area contributed by atoms with E-state index in [2.05, 4.69) is 11.8 Å². The Labute approximate surface area is 73.9 Å². The zero-order chi connectivity index (χ0) is 8.97. The Morgan fingerprint density at radius 2 is 2.08 bits per heavy atom. The van der Waals surface area contributed by atoms with E-state index < -0.39 is 0 Å². The summed E-state index contributed by atoms with van der Waals surface area (Å²) >= 11 is 0. The number of ketones is 1. The molecule has 0 aliphatic carbocycles. The third-order valence-electron chi connectivity index (χ3n) is 2.62. The van der Waals surface area contributed by atoms with Crippen LogP contribution in [0.25, 0.3) is 0 Å². The summed E-state index contributed by atoms with van der Waals surface area (Å²) in [5.74, 6) is 0.401. The van der Waals surface area contributed by atoms with E-state index in [0.29, 0.717) is 18.4 Å². The third kappa shape index (κ3) is 2.29. The van der Waals surface area contributed by atoms with Gasteiger partial charge in [-0.3, -0.25) is 9.69 Å². The maximum Gasteiger partial charge on any atom is 0.135 e. The number of Topliss-reactive ketones (excluding diaryl/α,β-unsaturated/α-hetero) is 1. The first kappa shape index (κ1) is 9.68. The predicted molar refractivity (Wildman–Crippen MR) is 48.9 cm³/mol. The van der Waals surface area contributed by atoms with E-state index in [9.17, 15) is 4.79 Å². The van der Waals surface area contributed by atoms with Crippen molar-refractivity contribution in [1.29, 1.82) is 0 Å². The highest BCUT2D eigenvalue weighted by Crippen LogP contribution is 2.10. The number of rotatable bonds is 3. The van der Waals surface area contributed by atoms with Crippen molar-refractivity contribution in [2.75, 3.05) is 19.6 Å². The number of carbonyl (C=O) groups is 1. The number of hydrogen-bond donors (Lipinski definition) is 1. The molecule has 1 saturated heterocycles. The Morgan fingerprint density at radius 3 is 2.50 bits per heavy atom. The molecule has 70 valence electrons. The third-order valence-corrected chi connectivity index (χ3v) is 2.62. The van der Waals surface area contributed by atoms with Gasteiger partial charge >= 0.3 is 0 Å². The average molecular weight is 170 g/mol. The van der Waals surface area contributed by atoms with Crippen LogP contribution in [0.3, 0.4) is 0 Å². The molecular weight excluding hydrogens is 152 g/mol. The van der Waals surface area contributed by atoms with Crippen LogP contribution in [0.2, 0.25) is 0 Å². The zero-order valence-electron chi connectivity index (χ0n) is 7.75. The van der Waals surface area contributed by atoms with Crippen LogP contribution in [-0.4, -0.2) is 36.4 Å². The minimum Gasteiger partial charge on any atom is -0.329 e. The van der Waals surface area contributed by atoms with Gasteiger partial charge in [0.1, 0.15) is 5.78 Å². The van der Waals surface area contributed by atoms with Gasteiger partial charge in [-0.2, -0.15) is 0 Å². The molecule has 0 radical (unpaired) electrons. The van der Waals surface area contributed by atoms with Gasteiger partial charge < -0.3 is 5.73 Å². The van der Waals surface area contributed by atoms with E-state index in [-0.39, 0.29) is 0 Å². The monoisotopic (exact) mass is 170 g/mol. The molecule has 3 nitrogen and oxygen atoms in total. The normalized spacial score (nSPS) is 22.7. The van der Waals surface area contributed by atoms with Crippen LogP contribution in [0.4, 0.5) is 0 Å². The van der Waals surface area contributed by atoms with Crippen LogP contribution in [-0.2, 0) is 4.79 Å². The fraction of sp³-hybridized carbons (Fsp3) is 0.889. The van der Waals surface area contributed by atoms with Crippen molar-refractivity contribution in [3.05, 3.63) is 0 Å². The van der Waals surface area contributed by atoms with Gasteiger partial charge in [0.2, 0.25) is 0 Å². The van der Waals surface area contributed by atoms with Crippen LogP contribution in [0, 0.1) is 0 Å². The number of carbonyl (C=O) groups excluding carboxylic acids is 1. The molecule has 0 amide bonds. The van der Waals surface area contributed by atoms with Gasteiger partial charge in [-0.05, 0) is 6.42 Å². The second-order valence-electron chi connectivity index (χ2n) is 3.37. The minimum atomic E-state index is 0.401. The maximum atomic E-state index is 10.9. The Hall–Kier alpha value is -0.410. The molecule has 0 aromatic rings. The molecule has 1 fully saturated rings. The molecule has 1 aliphatic heterocycles. The summed E-state index contributed by atoms with van der Waals surface area (Å²) in [6, 6.07) is 0.484. The molecule has 0 aromatic heterocycles. The van der Waals surface area contributed by atoms with Crippen molar-refractivity contribution in [2.45, 2.75) is 32.2 Å². The SMILES string of the molecule is CCC(CN)N1CCC(=O)CC1. The van der Waals surface area contributed by atoms with Crippen LogP contribution in [0.15, 0.2) is 0 Å². The summed E-state index contributed by atoms with van der Waals surface area (Å²) in [5, 5.41) is 0. The molecule has 0 bridgehead atoms. The molecule has 3 heteroatoms. The van der Waals surface area contributed by atoms with Crippen molar-refractivity contribution in [3.63, 3.8) is 0 Å². The largest absolute Gasteiger partial charge is 0.329 e. The van der Waals surface area contributed by atoms with E-state index in [1.807, 2.05) is 0 Å². The molecule has 0 saturated carbocycles.